The lowest BCUT2D eigenvalue weighted by Gasteiger charge is -2.39. The summed E-state index contributed by atoms with van der Waals surface area (Å²) in [6.45, 7) is 0.853. The lowest BCUT2D eigenvalue weighted by Crippen LogP contribution is -2.55. The molecule has 2 aliphatic rings. The second-order valence-corrected chi connectivity index (χ2v) is 4.63. The van der Waals surface area contributed by atoms with Crippen molar-refractivity contribution in [3.05, 3.63) is 0 Å². The van der Waals surface area contributed by atoms with Gasteiger partial charge in [0.2, 0.25) is 0 Å². The third-order valence-corrected chi connectivity index (χ3v) is 3.43. The van der Waals surface area contributed by atoms with Crippen molar-refractivity contribution in [3.63, 3.8) is 0 Å². The van der Waals surface area contributed by atoms with Gasteiger partial charge in [-0.1, -0.05) is 0 Å². The number of carbonyl (C=O) groups excluding carboxylic acids is 1. The summed E-state index contributed by atoms with van der Waals surface area (Å²) in [5.41, 5.74) is 0. The number of fused-ring (bicyclic) bond motifs is 1. The van der Waals surface area contributed by atoms with Gasteiger partial charge in [0.15, 0.2) is 0 Å². The maximum Gasteiger partial charge on any atom is 0.323 e. The lowest BCUT2D eigenvalue weighted by atomic mass is 10.1. The summed E-state index contributed by atoms with van der Waals surface area (Å²) < 4.78 is 5.61. The molecule has 1 saturated heterocycles. The molecule has 0 bridgehead atoms. The number of aliphatic carboxylic acids is 1. The Morgan fingerprint density at radius 2 is 2.24 bits per heavy atom. The zero-order valence-electron chi connectivity index (χ0n) is 9.96. The number of hydrogen-bond donors (Lipinski definition) is 1. The average molecular weight is 242 g/mol. The van der Waals surface area contributed by atoms with Gasteiger partial charge in [-0.25, -0.2) is 4.79 Å². The van der Waals surface area contributed by atoms with Crippen molar-refractivity contribution in [2.75, 3.05) is 26.7 Å². The molecule has 2 atom stereocenters. The van der Waals surface area contributed by atoms with Gasteiger partial charge in [0, 0.05) is 13.6 Å². The van der Waals surface area contributed by atoms with Crippen LogP contribution in [0.15, 0.2) is 0 Å². The number of carboxylic acids is 1. The largest absolute Gasteiger partial charge is 0.480 e. The van der Waals surface area contributed by atoms with Crippen LogP contribution in [-0.2, 0) is 9.53 Å². The summed E-state index contributed by atoms with van der Waals surface area (Å²) in [5, 5.41) is 8.68. The Morgan fingerprint density at radius 3 is 2.94 bits per heavy atom. The molecule has 17 heavy (non-hydrogen) atoms. The minimum atomic E-state index is -0.989. The Bertz CT molecular complexity index is 321. The second kappa shape index (κ2) is 4.91. The van der Waals surface area contributed by atoms with Crippen molar-refractivity contribution in [1.82, 2.24) is 9.80 Å². The van der Waals surface area contributed by atoms with Gasteiger partial charge in [-0.15, -0.1) is 0 Å². The molecule has 1 heterocycles. The number of urea groups is 1. The molecule has 6 heteroatoms. The smallest absolute Gasteiger partial charge is 0.323 e. The summed E-state index contributed by atoms with van der Waals surface area (Å²) in [6.07, 6.45) is 3.17. The van der Waals surface area contributed by atoms with Gasteiger partial charge in [-0.2, -0.15) is 0 Å². The van der Waals surface area contributed by atoms with Crippen LogP contribution < -0.4 is 0 Å². The first kappa shape index (κ1) is 12.2. The maximum atomic E-state index is 12.1. The fraction of sp³-hybridized carbons (Fsp3) is 0.818. The molecule has 2 fully saturated rings. The van der Waals surface area contributed by atoms with Gasteiger partial charge in [0.05, 0.1) is 18.8 Å². The van der Waals surface area contributed by atoms with E-state index in [9.17, 15) is 9.59 Å². The highest BCUT2D eigenvalue weighted by molar-refractivity contribution is 5.80. The summed E-state index contributed by atoms with van der Waals surface area (Å²) in [5.74, 6) is -0.989. The van der Waals surface area contributed by atoms with Gasteiger partial charge >= 0.3 is 12.0 Å². The highest BCUT2D eigenvalue weighted by atomic mass is 16.5. The number of carbonyl (C=O) groups is 2. The van der Waals surface area contributed by atoms with Crippen LogP contribution in [0.2, 0.25) is 0 Å². The second-order valence-electron chi connectivity index (χ2n) is 4.63. The Labute approximate surface area is 100 Å². The molecule has 96 valence electrons. The minimum Gasteiger partial charge on any atom is -0.480 e. The number of carboxylic acid groups (broad SMARTS) is 1. The van der Waals surface area contributed by atoms with Gasteiger partial charge in [-0.05, 0) is 19.3 Å². The van der Waals surface area contributed by atoms with Crippen LogP contribution in [-0.4, -0.2) is 65.8 Å². The Hall–Kier alpha value is -1.30. The number of hydrogen-bond acceptors (Lipinski definition) is 3. The number of nitrogens with zero attached hydrogens (tertiary/aromatic N) is 2. The quantitative estimate of drug-likeness (QED) is 0.759. The molecule has 1 aliphatic carbocycles. The normalized spacial score (nSPS) is 27.7. The lowest BCUT2D eigenvalue weighted by molar-refractivity contribution is -0.137. The van der Waals surface area contributed by atoms with E-state index in [1.54, 1.807) is 4.90 Å². The van der Waals surface area contributed by atoms with Crippen LogP contribution in [0.3, 0.4) is 0 Å². The zero-order valence-corrected chi connectivity index (χ0v) is 9.96. The molecule has 1 saturated carbocycles. The predicted octanol–water partition coefficient (Wildman–Crippen LogP) is 0.376. The third-order valence-electron chi connectivity index (χ3n) is 3.43. The van der Waals surface area contributed by atoms with E-state index in [0.29, 0.717) is 13.2 Å². The number of rotatable bonds is 2. The van der Waals surface area contributed by atoms with Crippen molar-refractivity contribution in [2.24, 2.45) is 0 Å². The van der Waals surface area contributed by atoms with Crippen molar-refractivity contribution in [1.29, 1.82) is 0 Å². The number of morpholine rings is 1. The van der Waals surface area contributed by atoms with Crippen LogP contribution in [0, 0.1) is 0 Å². The number of amides is 2. The molecule has 1 aliphatic heterocycles. The third kappa shape index (κ3) is 2.52. The Balaban J connectivity index is 2.00. The summed E-state index contributed by atoms with van der Waals surface area (Å²) in [6, 6.07) is -0.0694. The van der Waals surface area contributed by atoms with E-state index in [2.05, 4.69) is 0 Å². The molecule has 2 rings (SSSR count). The van der Waals surface area contributed by atoms with Crippen LogP contribution >= 0.6 is 0 Å². The topological polar surface area (TPSA) is 70.1 Å². The molecule has 1 N–H and O–H groups in total. The fourth-order valence-corrected chi connectivity index (χ4v) is 2.65. The Morgan fingerprint density at radius 1 is 1.47 bits per heavy atom. The number of likely N-dealkylation sites (N-methyl/N-ethyl adjacent to an activating group) is 1. The van der Waals surface area contributed by atoms with Crippen LogP contribution in [0.4, 0.5) is 4.79 Å². The fourth-order valence-electron chi connectivity index (χ4n) is 2.65. The van der Waals surface area contributed by atoms with Gasteiger partial charge in [0.1, 0.15) is 6.54 Å². The van der Waals surface area contributed by atoms with Crippen molar-refractivity contribution in [2.45, 2.75) is 31.4 Å². The van der Waals surface area contributed by atoms with Crippen molar-refractivity contribution < 1.29 is 19.4 Å². The zero-order chi connectivity index (χ0) is 12.4. The minimum absolute atomic E-state index is 0.132. The van der Waals surface area contributed by atoms with Gasteiger partial charge in [0.25, 0.3) is 0 Å². The van der Waals surface area contributed by atoms with Crippen LogP contribution in [0.25, 0.3) is 0 Å². The van der Waals surface area contributed by atoms with Crippen LogP contribution in [0.5, 0.6) is 0 Å². The highest BCUT2D eigenvalue weighted by Gasteiger charge is 2.39. The summed E-state index contributed by atoms with van der Waals surface area (Å²) >= 11 is 0. The predicted molar refractivity (Wildman–Crippen MR) is 59.7 cm³/mol. The van der Waals surface area contributed by atoms with Crippen molar-refractivity contribution >= 4 is 12.0 Å². The highest BCUT2D eigenvalue weighted by Crippen LogP contribution is 2.30. The summed E-state index contributed by atoms with van der Waals surface area (Å²) in [4.78, 5) is 25.7. The molecule has 2 amide bonds. The van der Waals surface area contributed by atoms with Gasteiger partial charge < -0.3 is 19.6 Å². The van der Waals surface area contributed by atoms with E-state index in [1.165, 1.54) is 11.9 Å². The molecule has 2 unspecified atom stereocenters. The summed E-state index contributed by atoms with van der Waals surface area (Å²) in [7, 11) is 1.52. The molecule has 0 radical (unpaired) electrons. The van der Waals surface area contributed by atoms with E-state index >= 15 is 0 Å². The SMILES string of the molecule is CN(CC(=O)O)C(=O)N1CCOC2CCCC21. The molecule has 0 aromatic carbocycles. The van der Waals surface area contributed by atoms with E-state index in [0.717, 1.165) is 19.3 Å². The first-order valence-corrected chi connectivity index (χ1v) is 5.94. The first-order chi connectivity index (χ1) is 8.09. The molecule has 0 aromatic heterocycles. The average Bonchev–Trinajstić information content (AvgIpc) is 2.74. The molecule has 0 spiro atoms. The van der Waals surface area contributed by atoms with Gasteiger partial charge in [-0.3, -0.25) is 4.79 Å². The molecule has 0 aromatic rings. The van der Waals surface area contributed by atoms with Crippen molar-refractivity contribution in [3.8, 4) is 0 Å². The van der Waals surface area contributed by atoms with E-state index in [1.807, 2.05) is 0 Å². The van der Waals surface area contributed by atoms with E-state index in [4.69, 9.17) is 9.84 Å². The maximum absolute atomic E-state index is 12.1. The monoisotopic (exact) mass is 242 g/mol. The number of ether oxygens (including phenoxy) is 1. The standard InChI is InChI=1S/C11H18N2O4/c1-12(7-10(14)15)11(16)13-5-6-17-9-4-2-3-8(9)13/h8-9H,2-7H2,1H3,(H,14,15). The van der Waals surface area contributed by atoms with E-state index < -0.39 is 5.97 Å². The molecular weight excluding hydrogens is 224 g/mol. The Kier molecular flexibility index (Phi) is 3.51. The van der Waals surface area contributed by atoms with E-state index in [-0.39, 0.29) is 24.7 Å². The first-order valence-electron chi connectivity index (χ1n) is 5.94. The molecule has 6 nitrogen and oxygen atoms in total. The van der Waals surface area contributed by atoms with Crippen LogP contribution in [0.1, 0.15) is 19.3 Å². The molecular formula is C11H18N2O4.